The van der Waals surface area contributed by atoms with Crippen LogP contribution in [0.1, 0.15) is 12.8 Å². The topological polar surface area (TPSA) is 87.8 Å². The van der Waals surface area contributed by atoms with Gasteiger partial charge < -0.3 is 20.9 Å². The van der Waals surface area contributed by atoms with Crippen molar-refractivity contribution in [1.29, 1.82) is 0 Å². The zero-order valence-corrected chi connectivity index (χ0v) is 12.1. The fourth-order valence-electron chi connectivity index (χ4n) is 2.38. The zero-order valence-electron chi connectivity index (χ0n) is 12.1. The Hall–Kier alpha value is -1.63. The first-order valence-corrected chi connectivity index (χ1v) is 7.28. The number of nitrogens with two attached hydrogens (primary N) is 1. The molecule has 0 aliphatic carbocycles. The molecule has 1 aromatic carbocycles. The maximum Gasteiger partial charge on any atom is 0.224 e. The Morgan fingerprint density at radius 3 is 3.05 bits per heavy atom. The number of anilines is 2. The summed E-state index contributed by atoms with van der Waals surface area (Å²) in [5.41, 5.74) is 7.02. The molecular formula is C15H23N3O3. The molecule has 1 aliphatic heterocycles. The number of hydrogen-bond donors (Lipinski definition) is 3. The van der Waals surface area contributed by atoms with Crippen molar-refractivity contribution in [2.75, 3.05) is 43.9 Å². The van der Waals surface area contributed by atoms with E-state index in [1.165, 1.54) is 0 Å². The number of hydrogen-bond acceptors (Lipinski definition) is 5. The minimum absolute atomic E-state index is 0.0279. The minimum Gasteiger partial charge on any atom is -0.397 e. The fourth-order valence-corrected chi connectivity index (χ4v) is 2.38. The third kappa shape index (κ3) is 5.00. The molecule has 0 bridgehead atoms. The normalized spacial score (nSPS) is 19.4. The first-order valence-electron chi connectivity index (χ1n) is 7.28. The van der Waals surface area contributed by atoms with Gasteiger partial charge in [-0.25, -0.2) is 0 Å². The molecule has 4 N–H and O–H groups in total. The van der Waals surface area contributed by atoms with Crippen LogP contribution in [0.4, 0.5) is 11.4 Å². The van der Waals surface area contributed by atoms with Crippen molar-refractivity contribution in [2.45, 2.75) is 18.9 Å². The quantitative estimate of drug-likeness (QED) is 0.671. The maximum absolute atomic E-state index is 11.9. The lowest BCUT2D eigenvalue weighted by molar-refractivity contribution is -0.116. The third-order valence-corrected chi connectivity index (χ3v) is 3.54. The van der Waals surface area contributed by atoms with E-state index in [2.05, 4.69) is 10.2 Å². The number of carbonyl (C=O) groups is 1. The minimum atomic E-state index is -0.100. The largest absolute Gasteiger partial charge is 0.397 e. The van der Waals surface area contributed by atoms with Crippen LogP contribution in [0.2, 0.25) is 0 Å². The number of morpholine rings is 1. The highest BCUT2D eigenvalue weighted by Gasteiger charge is 2.19. The van der Waals surface area contributed by atoms with E-state index in [0.717, 1.165) is 26.1 Å². The van der Waals surface area contributed by atoms with Crippen LogP contribution >= 0.6 is 0 Å². The van der Waals surface area contributed by atoms with Crippen LogP contribution in [0.5, 0.6) is 0 Å². The Balaban J connectivity index is 1.69. The molecular weight excluding hydrogens is 270 g/mol. The Kier molecular flexibility index (Phi) is 5.98. The van der Waals surface area contributed by atoms with E-state index in [1.54, 1.807) is 12.1 Å². The Labute approximate surface area is 124 Å². The van der Waals surface area contributed by atoms with Crippen molar-refractivity contribution in [3.8, 4) is 0 Å². The number of nitrogens with one attached hydrogen (secondary N) is 1. The molecule has 6 heteroatoms. The summed E-state index contributed by atoms with van der Waals surface area (Å²) >= 11 is 0. The maximum atomic E-state index is 11.9. The van der Waals surface area contributed by atoms with Crippen LogP contribution in [0, 0.1) is 0 Å². The highest BCUT2D eigenvalue weighted by Crippen LogP contribution is 2.17. The molecule has 1 aromatic rings. The molecule has 1 heterocycles. The second kappa shape index (κ2) is 7.97. The highest BCUT2D eigenvalue weighted by molar-refractivity contribution is 5.93. The molecule has 0 aromatic heterocycles. The van der Waals surface area contributed by atoms with E-state index in [0.29, 0.717) is 24.4 Å². The van der Waals surface area contributed by atoms with Crippen molar-refractivity contribution in [3.05, 3.63) is 24.3 Å². The van der Waals surface area contributed by atoms with Gasteiger partial charge in [-0.1, -0.05) is 12.1 Å². The van der Waals surface area contributed by atoms with Gasteiger partial charge in [-0.2, -0.15) is 0 Å². The molecule has 1 unspecified atom stereocenters. The monoisotopic (exact) mass is 293 g/mol. The van der Waals surface area contributed by atoms with Gasteiger partial charge in [0.15, 0.2) is 0 Å². The third-order valence-electron chi connectivity index (χ3n) is 3.54. The van der Waals surface area contributed by atoms with E-state index in [1.807, 2.05) is 12.1 Å². The van der Waals surface area contributed by atoms with E-state index >= 15 is 0 Å². The van der Waals surface area contributed by atoms with Gasteiger partial charge in [0.25, 0.3) is 0 Å². The number of aliphatic hydroxyl groups is 1. The van der Waals surface area contributed by atoms with E-state index in [-0.39, 0.29) is 18.6 Å². The fraction of sp³-hybridized carbons (Fsp3) is 0.533. The van der Waals surface area contributed by atoms with Crippen LogP contribution < -0.4 is 11.1 Å². The van der Waals surface area contributed by atoms with Crippen molar-refractivity contribution >= 4 is 17.3 Å². The molecule has 1 fully saturated rings. The molecule has 1 aliphatic rings. The summed E-state index contributed by atoms with van der Waals surface area (Å²) < 4.78 is 5.39. The van der Waals surface area contributed by atoms with Crippen LogP contribution in [0.25, 0.3) is 0 Å². The number of carbonyl (C=O) groups excluding carboxylic acids is 1. The molecule has 6 nitrogen and oxygen atoms in total. The van der Waals surface area contributed by atoms with Crippen molar-refractivity contribution in [1.82, 2.24) is 4.90 Å². The summed E-state index contributed by atoms with van der Waals surface area (Å²) in [6.45, 7) is 3.09. The molecule has 0 saturated carbocycles. The van der Waals surface area contributed by atoms with E-state index < -0.39 is 0 Å². The van der Waals surface area contributed by atoms with Crippen LogP contribution in [0.15, 0.2) is 24.3 Å². The zero-order chi connectivity index (χ0) is 15.1. The van der Waals surface area contributed by atoms with E-state index in [9.17, 15) is 4.79 Å². The number of aliphatic hydroxyl groups excluding tert-OH is 1. The van der Waals surface area contributed by atoms with Gasteiger partial charge in [-0.05, 0) is 25.1 Å². The van der Waals surface area contributed by atoms with E-state index in [4.69, 9.17) is 15.6 Å². The summed E-state index contributed by atoms with van der Waals surface area (Å²) in [5.74, 6) is -0.0279. The molecule has 0 spiro atoms. The van der Waals surface area contributed by atoms with Crippen LogP contribution in [0.3, 0.4) is 0 Å². The molecule has 1 saturated heterocycles. The first kappa shape index (κ1) is 15.8. The summed E-state index contributed by atoms with van der Waals surface area (Å²) in [5, 5.41) is 11.9. The second-order valence-electron chi connectivity index (χ2n) is 5.21. The number of nitrogens with zero attached hydrogens (tertiary/aromatic N) is 1. The molecule has 1 amide bonds. The molecule has 2 rings (SSSR count). The van der Waals surface area contributed by atoms with Crippen molar-refractivity contribution < 1.29 is 14.6 Å². The van der Waals surface area contributed by atoms with Gasteiger partial charge in [0.05, 0.1) is 30.7 Å². The number of para-hydroxylation sites is 2. The number of nitrogen functional groups attached to an aromatic ring is 1. The van der Waals surface area contributed by atoms with Gasteiger partial charge in [0.2, 0.25) is 5.91 Å². The molecule has 1 atom stereocenters. The van der Waals surface area contributed by atoms with Crippen molar-refractivity contribution in [2.24, 2.45) is 0 Å². The summed E-state index contributed by atoms with van der Waals surface area (Å²) in [4.78, 5) is 14.1. The lowest BCUT2D eigenvalue weighted by atomic mass is 10.2. The smallest absolute Gasteiger partial charge is 0.224 e. The summed E-state index contributed by atoms with van der Waals surface area (Å²) in [7, 11) is 0. The second-order valence-corrected chi connectivity index (χ2v) is 5.21. The lowest BCUT2D eigenvalue weighted by Crippen LogP contribution is -2.44. The molecule has 21 heavy (non-hydrogen) atoms. The Morgan fingerprint density at radius 2 is 2.29 bits per heavy atom. The first-order chi connectivity index (χ1) is 10.2. The number of rotatable bonds is 6. The molecule has 0 radical (unpaired) electrons. The number of amides is 1. The van der Waals surface area contributed by atoms with Gasteiger partial charge in [0, 0.05) is 19.5 Å². The van der Waals surface area contributed by atoms with Crippen LogP contribution in [-0.4, -0.2) is 54.9 Å². The number of benzene rings is 1. The predicted molar refractivity (Wildman–Crippen MR) is 82.0 cm³/mol. The van der Waals surface area contributed by atoms with Gasteiger partial charge in [-0.15, -0.1) is 0 Å². The lowest BCUT2D eigenvalue weighted by Gasteiger charge is -2.31. The van der Waals surface area contributed by atoms with Crippen LogP contribution in [-0.2, 0) is 9.53 Å². The molecule has 116 valence electrons. The number of ether oxygens (including phenoxy) is 1. The Bertz CT molecular complexity index is 467. The predicted octanol–water partition coefficient (Wildman–Crippen LogP) is 0.681. The summed E-state index contributed by atoms with van der Waals surface area (Å²) in [6.07, 6.45) is 1.13. The van der Waals surface area contributed by atoms with Gasteiger partial charge in [-0.3, -0.25) is 9.69 Å². The van der Waals surface area contributed by atoms with Gasteiger partial charge in [0.1, 0.15) is 0 Å². The highest BCUT2D eigenvalue weighted by atomic mass is 16.5. The SMILES string of the molecule is Nc1ccccc1NC(=O)CCCN1CCOC(CO)C1. The Morgan fingerprint density at radius 1 is 1.48 bits per heavy atom. The average molecular weight is 293 g/mol. The van der Waals surface area contributed by atoms with Gasteiger partial charge >= 0.3 is 0 Å². The standard InChI is InChI=1S/C15H23N3O3/c16-13-4-1-2-5-14(13)17-15(20)6-3-7-18-8-9-21-12(10-18)11-19/h1-2,4-5,12,19H,3,6-11,16H2,(H,17,20). The average Bonchev–Trinajstić information content (AvgIpc) is 2.50. The summed E-state index contributed by atoms with van der Waals surface area (Å²) in [6, 6.07) is 7.23. The van der Waals surface area contributed by atoms with Crippen molar-refractivity contribution in [3.63, 3.8) is 0 Å².